The van der Waals surface area contributed by atoms with Crippen LogP contribution in [-0.2, 0) is 17.7 Å². The van der Waals surface area contributed by atoms with E-state index in [1.165, 1.54) is 0 Å². The van der Waals surface area contributed by atoms with Gasteiger partial charge in [0.25, 0.3) is 0 Å². The number of nitrogens with one attached hydrogen (secondary N) is 1. The quantitative estimate of drug-likeness (QED) is 0.377. The average Bonchev–Trinajstić information content (AvgIpc) is 3.39. The van der Waals surface area contributed by atoms with E-state index in [1.807, 2.05) is 28.8 Å². The lowest BCUT2D eigenvalue weighted by molar-refractivity contribution is 0.0523. The summed E-state index contributed by atoms with van der Waals surface area (Å²) < 4.78 is 7.05. The number of pyridine rings is 1. The summed E-state index contributed by atoms with van der Waals surface area (Å²) >= 11 is 0. The number of aromatic nitrogens is 5. The van der Waals surface area contributed by atoms with Crippen LogP contribution in [0.1, 0.15) is 48.3 Å². The first kappa shape index (κ1) is 23.1. The highest BCUT2D eigenvalue weighted by Gasteiger charge is 2.15. The molecule has 1 N–H and O–H groups in total. The van der Waals surface area contributed by atoms with Crippen LogP contribution in [0.5, 0.6) is 0 Å². The lowest BCUT2D eigenvalue weighted by atomic mass is 9.98. The molecule has 4 rings (SSSR count). The van der Waals surface area contributed by atoms with Crippen LogP contribution in [-0.4, -0.2) is 37.8 Å². The molecule has 0 bridgehead atoms. The number of unbranched alkanes of at least 4 members (excludes halogenated alkanes) is 1. The standard InChI is InChI=1S/C26H27N5O3/c1-3-5-8-20-15-24(32)23(26(33)34-4-2)17-31(20)16-18-11-13-19(14-12-18)21-9-6-7-10-22(21)25-27-29-30-28-25/h6-7,9-15,17H,3-5,8,16H2,1-2H3,(H,27,28,29,30). The summed E-state index contributed by atoms with van der Waals surface area (Å²) in [6.07, 6.45) is 4.38. The smallest absolute Gasteiger partial charge is 0.343 e. The topological polar surface area (TPSA) is 103 Å². The van der Waals surface area contributed by atoms with Crippen molar-refractivity contribution in [2.75, 3.05) is 6.61 Å². The van der Waals surface area contributed by atoms with Gasteiger partial charge in [-0.05, 0) is 46.9 Å². The third kappa shape index (κ3) is 5.11. The van der Waals surface area contributed by atoms with Crippen LogP contribution >= 0.6 is 0 Å². The number of hydrogen-bond donors (Lipinski definition) is 1. The molecule has 174 valence electrons. The molecule has 0 saturated carbocycles. The van der Waals surface area contributed by atoms with Gasteiger partial charge in [0.2, 0.25) is 0 Å². The Bertz CT molecular complexity index is 1310. The Hall–Kier alpha value is -4.07. The normalized spacial score (nSPS) is 10.9. The zero-order chi connectivity index (χ0) is 23.9. The summed E-state index contributed by atoms with van der Waals surface area (Å²) in [5.74, 6) is 0.0251. The molecular formula is C26H27N5O3. The number of ether oxygens (including phenoxy) is 1. The molecule has 0 amide bonds. The van der Waals surface area contributed by atoms with Crippen LogP contribution < -0.4 is 5.43 Å². The van der Waals surface area contributed by atoms with Gasteiger partial charge in [0, 0.05) is 30.1 Å². The number of carbonyl (C=O) groups is 1. The summed E-state index contributed by atoms with van der Waals surface area (Å²) in [6.45, 7) is 4.61. The van der Waals surface area contributed by atoms with Gasteiger partial charge in [-0.3, -0.25) is 4.79 Å². The number of carbonyl (C=O) groups excluding carboxylic acids is 1. The van der Waals surface area contributed by atoms with Gasteiger partial charge in [-0.25, -0.2) is 9.89 Å². The van der Waals surface area contributed by atoms with E-state index in [0.717, 1.165) is 47.2 Å². The molecule has 0 aliphatic rings. The molecule has 2 aromatic carbocycles. The number of tetrazole rings is 1. The predicted octanol–water partition coefficient (Wildman–Crippen LogP) is 4.26. The van der Waals surface area contributed by atoms with Crippen LogP contribution in [0.3, 0.4) is 0 Å². The first-order valence-corrected chi connectivity index (χ1v) is 11.4. The molecule has 0 aliphatic heterocycles. The number of aryl methyl sites for hydroxylation is 1. The van der Waals surface area contributed by atoms with Crippen molar-refractivity contribution < 1.29 is 9.53 Å². The number of esters is 1. The van der Waals surface area contributed by atoms with Crippen LogP contribution in [0, 0.1) is 0 Å². The number of rotatable bonds is 9. The van der Waals surface area contributed by atoms with E-state index in [4.69, 9.17) is 4.74 Å². The first-order chi connectivity index (χ1) is 16.6. The Morgan fingerprint density at radius 2 is 1.82 bits per heavy atom. The molecule has 34 heavy (non-hydrogen) atoms. The highest BCUT2D eigenvalue weighted by molar-refractivity contribution is 5.89. The zero-order valence-corrected chi connectivity index (χ0v) is 19.3. The maximum Gasteiger partial charge on any atom is 0.343 e. The minimum atomic E-state index is -0.586. The molecule has 0 saturated heterocycles. The molecule has 4 aromatic rings. The third-order valence-electron chi connectivity index (χ3n) is 5.64. The van der Waals surface area contributed by atoms with Gasteiger partial charge in [0.15, 0.2) is 11.3 Å². The maximum absolute atomic E-state index is 12.5. The lowest BCUT2D eigenvalue weighted by Crippen LogP contribution is -2.22. The number of hydrogen-bond acceptors (Lipinski definition) is 6. The van der Waals surface area contributed by atoms with Gasteiger partial charge in [0.05, 0.1) is 6.61 Å². The third-order valence-corrected chi connectivity index (χ3v) is 5.64. The van der Waals surface area contributed by atoms with E-state index in [9.17, 15) is 9.59 Å². The summed E-state index contributed by atoms with van der Waals surface area (Å²) in [5.41, 5.74) is 4.70. The molecule has 8 heteroatoms. The van der Waals surface area contributed by atoms with Crippen molar-refractivity contribution in [2.24, 2.45) is 0 Å². The fourth-order valence-corrected chi connectivity index (χ4v) is 3.90. The second-order valence-corrected chi connectivity index (χ2v) is 7.99. The van der Waals surface area contributed by atoms with Crippen molar-refractivity contribution in [1.29, 1.82) is 0 Å². The molecule has 0 fully saturated rings. The van der Waals surface area contributed by atoms with Gasteiger partial charge in [0.1, 0.15) is 5.56 Å². The largest absolute Gasteiger partial charge is 0.462 e. The fourth-order valence-electron chi connectivity index (χ4n) is 3.90. The fraction of sp³-hybridized carbons (Fsp3) is 0.269. The Labute approximate surface area is 197 Å². The lowest BCUT2D eigenvalue weighted by Gasteiger charge is -2.16. The van der Waals surface area contributed by atoms with E-state index in [1.54, 1.807) is 19.2 Å². The van der Waals surface area contributed by atoms with Gasteiger partial charge in [-0.1, -0.05) is 61.9 Å². The van der Waals surface area contributed by atoms with Crippen molar-refractivity contribution in [2.45, 2.75) is 39.7 Å². The second-order valence-electron chi connectivity index (χ2n) is 7.99. The molecular weight excluding hydrogens is 430 g/mol. The summed E-state index contributed by atoms with van der Waals surface area (Å²) in [6, 6.07) is 17.7. The number of benzene rings is 2. The van der Waals surface area contributed by atoms with E-state index < -0.39 is 5.97 Å². The molecule has 0 spiro atoms. The van der Waals surface area contributed by atoms with E-state index >= 15 is 0 Å². The van der Waals surface area contributed by atoms with Crippen molar-refractivity contribution in [3.05, 3.63) is 87.8 Å². The van der Waals surface area contributed by atoms with Gasteiger partial charge < -0.3 is 9.30 Å². The Morgan fingerprint density at radius 3 is 2.50 bits per heavy atom. The Morgan fingerprint density at radius 1 is 1.06 bits per heavy atom. The van der Waals surface area contributed by atoms with E-state index in [2.05, 4.69) is 51.8 Å². The number of nitrogens with zero attached hydrogens (tertiary/aromatic N) is 4. The maximum atomic E-state index is 12.5. The minimum Gasteiger partial charge on any atom is -0.462 e. The molecule has 2 heterocycles. The highest BCUT2D eigenvalue weighted by atomic mass is 16.5. The molecule has 0 radical (unpaired) electrons. The second kappa shape index (κ2) is 10.7. The van der Waals surface area contributed by atoms with Crippen LogP contribution in [0.25, 0.3) is 22.5 Å². The molecule has 0 atom stereocenters. The minimum absolute atomic E-state index is 0.0633. The van der Waals surface area contributed by atoms with E-state index in [-0.39, 0.29) is 17.6 Å². The molecule has 2 aromatic heterocycles. The Balaban J connectivity index is 1.64. The van der Waals surface area contributed by atoms with Gasteiger partial charge >= 0.3 is 5.97 Å². The summed E-state index contributed by atoms with van der Waals surface area (Å²) in [7, 11) is 0. The SMILES string of the molecule is CCCCc1cc(=O)c(C(=O)OCC)cn1Cc1ccc(-c2ccccc2-c2nnn[nH]2)cc1. The average molecular weight is 458 g/mol. The van der Waals surface area contributed by atoms with Crippen molar-refractivity contribution in [3.63, 3.8) is 0 Å². The number of aromatic amines is 1. The highest BCUT2D eigenvalue weighted by Crippen LogP contribution is 2.29. The molecule has 0 unspecified atom stereocenters. The summed E-state index contributed by atoms with van der Waals surface area (Å²) in [5, 5.41) is 14.2. The summed E-state index contributed by atoms with van der Waals surface area (Å²) in [4.78, 5) is 24.8. The van der Waals surface area contributed by atoms with Crippen molar-refractivity contribution >= 4 is 5.97 Å². The predicted molar refractivity (Wildman–Crippen MR) is 129 cm³/mol. The molecule has 8 nitrogen and oxygen atoms in total. The monoisotopic (exact) mass is 457 g/mol. The van der Waals surface area contributed by atoms with Crippen molar-refractivity contribution in [3.8, 4) is 22.5 Å². The van der Waals surface area contributed by atoms with Crippen LogP contribution in [0.2, 0.25) is 0 Å². The van der Waals surface area contributed by atoms with Gasteiger partial charge in [-0.2, -0.15) is 0 Å². The first-order valence-electron chi connectivity index (χ1n) is 11.4. The van der Waals surface area contributed by atoms with Crippen LogP contribution in [0.4, 0.5) is 0 Å². The van der Waals surface area contributed by atoms with Crippen molar-refractivity contribution in [1.82, 2.24) is 25.2 Å². The van der Waals surface area contributed by atoms with Gasteiger partial charge in [-0.15, -0.1) is 5.10 Å². The molecule has 0 aliphatic carbocycles. The Kier molecular flexibility index (Phi) is 7.27. The zero-order valence-electron chi connectivity index (χ0n) is 19.3. The van der Waals surface area contributed by atoms with E-state index in [0.29, 0.717) is 12.4 Å². The number of H-pyrrole nitrogens is 1. The van der Waals surface area contributed by atoms with Crippen LogP contribution in [0.15, 0.2) is 65.6 Å².